The molecule has 8 heteroatoms. The lowest BCUT2D eigenvalue weighted by Crippen LogP contribution is -2.47. The lowest BCUT2D eigenvalue weighted by atomic mass is 10.0. The van der Waals surface area contributed by atoms with E-state index in [4.69, 9.17) is 0 Å². The van der Waals surface area contributed by atoms with Crippen molar-refractivity contribution in [2.45, 2.75) is 38.8 Å². The second-order valence-electron chi connectivity index (χ2n) is 8.12. The van der Waals surface area contributed by atoms with Crippen LogP contribution in [0.1, 0.15) is 35.2 Å². The molecule has 0 radical (unpaired) electrons. The van der Waals surface area contributed by atoms with Gasteiger partial charge in [-0.1, -0.05) is 30.3 Å². The Morgan fingerprint density at radius 3 is 2.47 bits per heavy atom. The summed E-state index contributed by atoms with van der Waals surface area (Å²) in [5.41, 5.74) is 1.18. The largest absolute Gasteiger partial charge is 0.349 e. The number of para-hydroxylation sites is 1. The molecular formula is C24H26N4O4. The molecule has 32 heavy (non-hydrogen) atoms. The number of H-pyrrole nitrogens is 1. The number of aromatic amines is 1. The Morgan fingerprint density at radius 2 is 1.72 bits per heavy atom. The summed E-state index contributed by atoms with van der Waals surface area (Å²) in [6.07, 6.45) is 1.53. The summed E-state index contributed by atoms with van der Waals surface area (Å²) >= 11 is 0. The fourth-order valence-electron chi connectivity index (χ4n) is 4.19. The molecule has 2 heterocycles. The third-order valence-electron chi connectivity index (χ3n) is 6.03. The van der Waals surface area contributed by atoms with Gasteiger partial charge in [0.2, 0.25) is 5.91 Å². The van der Waals surface area contributed by atoms with Crippen LogP contribution in [0.2, 0.25) is 0 Å². The van der Waals surface area contributed by atoms with Crippen LogP contribution in [0.5, 0.6) is 0 Å². The Hall–Kier alpha value is -3.68. The number of benzene rings is 2. The standard InChI is InChI=1S/C24H26N4O4/c1-16-6-2-3-7-18(16)22(30)25-17-10-13-27(14-11-17)21(29)12-15-28-20-9-5-4-8-19(20)23(31)26-24(28)32/h2-9,17H,10-15H2,1H3,(H,25,30)(H,26,31,32). The fourth-order valence-corrected chi connectivity index (χ4v) is 4.19. The Kier molecular flexibility index (Phi) is 6.20. The lowest BCUT2D eigenvalue weighted by molar-refractivity contribution is -0.132. The molecular weight excluding hydrogens is 408 g/mol. The zero-order valence-electron chi connectivity index (χ0n) is 18.0. The number of fused-ring (bicyclic) bond motifs is 1. The number of carbonyl (C=O) groups is 2. The van der Waals surface area contributed by atoms with Crippen molar-refractivity contribution < 1.29 is 9.59 Å². The first-order valence-corrected chi connectivity index (χ1v) is 10.8. The molecule has 0 bridgehead atoms. The molecule has 2 N–H and O–H groups in total. The van der Waals surface area contributed by atoms with Crippen LogP contribution < -0.4 is 16.6 Å². The van der Waals surface area contributed by atoms with Crippen LogP contribution in [0.3, 0.4) is 0 Å². The number of likely N-dealkylation sites (tertiary alicyclic amines) is 1. The summed E-state index contributed by atoms with van der Waals surface area (Å²) in [5.74, 6) is -0.131. The van der Waals surface area contributed by atoms with E-state index in [9.17, 15) is 19.2 Å². The molecule has 8 nitrogen and oxygen atoms in total. The molecule has 2 amide bonds. The molecule has 0 atom stereocenters. The van der Waals surface area contributed by atoms with Crippen molar-refractivity contribution in [2.24, 2.45) is 0 Å². The molecule has 1 aliphatic rings. The van der Waals surface area contributed by atoms with Gasteiger partial charge >= 0.3 is 5.69 Å². The Balaban J connectivity index is 1.33. The number of rotatable bonds is 5. The monoisotopic (exact) mass is 434 g/mol. The minimum atomic E-state index is -0.515. The van der Waals surface area contributed by atoms with Crippen molar-refractivity contribution in [1.29, 1.82) is 0 Å². The minimum absolute atomic E-state index is 0.0249. The molecule has 0 spiro atoms. The first-order chi connectivity index (χ1) is 15.4. The number of amides is 2. The van der Waals surface area contributed by atoms with Crippen molar-refractivity contribution >= 4 is 22.7 Å². The maximum absolute atomic E-state index is 12.7. The van der Waals surface area contributed by atoms with Gasteiger partial charge in [-0.15, -0.1) is 0 Å². The highest BCUT2D eigenvalue weighted by molar-refractivity contribution is 5.95. The van der Waals surface area contributed by atoms with Crippen LogP contribution in [0, 0.1) is 6.92 Å². The van der Waals surface area contributed by atoms with Crippen LogP contribution >= 0.6 is 0 Å². The number of hydrogen-bond acceptors (Lipinski definition) is 4. The molecule has 0 aliphatic carbocycles. The summed E-state index contributed by atoms with van der Waals surface area (Å²) in [7, 11) is 0. The lowest BCUT2D eigenvalue weighted by Gasteiger charge is -2.32. The zero-order chi connectivity index (χ0) is 22.7. The van der Waals surface area contributed by atoms with Gasteiger partial charge in [0.1, 0.15) is 0 Å². The van der Waals surface area contributed by atoms with Gasteiger partial charge in [0, 0.05) is 37.7 Å². The van der Waals surface area contributed by atoms with Gasteiger partial charge in [-0.3, -0.25) is 23.9 Å². The normalized spacial score (nSPS) is 14.5. The molecule has 3 aromatic rings. The van der Waals surface area contributed by atoms with Crippen molar-refractivity contribution in [3.05, 3.63) is 80.5 Å². The van der Waals surface area contributed by atoms with Crippen molar-refractivity contribution in [3.63, 3.8) is 0 Å². The highest BCUT2D eigenvalue weighted by Crippen LogP contribution is 2.14. The molecule has 1 saturated heterocycles. The van der Waals surface area contributed by atoms with Crippen LogP contribution in [-0.2, 0) is 11.3 Å². The average Bonchev–Trinajstić information content (AvgIpc) is 2.79. The van der Waals surface area contributed by atoms with E-state index in [1.807, 2.05) is 31.2 Å². The number of hydrogen-bond donors (Lipinski definition) is 2. The second kappa shape index (κ2) is 9.21. The highest BCUT2D eigenvalue weighted by Gasteiger charge is 2.24. The van der Waals surface area contributed by atoms with E-state index in [0.29, 0.717) is 42.4 Å². The number of carbonyl (C=O) groups excluding carboxylic acids is 2. The fraction of sp³-hybridized carbons (Fsp3) is 0.333. The Bertz CT molecular complexity index is 1270. The van der Waals surface area contributed by atoms with Gasteiger partial charge in [0.05, 0.1) is 10.9 Å². The molecule has 1 aromatic heterocycles. The maximum atomic E-state index is 12.7. The van der Waals surface area contributed by atoms with Crippen LogP contribution in [0.25, 0.3) is 10.9 Å². The van der Waals surface area contributed by atoms with Gasteiger partial charge in [0.15, 0.2) is 0 Å². The number of nitrogens with one attached hydrogen (secondary N) is 2. The molecule has 166 valence electrons. The summed E-state index contributed by atoms with van der Waals surface area (Å²) in [6.45, 7) is 3.21. The van der Waals surface area contributed by atoms with Crippen molar-refractivity contribution in [3.8, 4) is 0 Å². The van der Waals surface area contributed by atoms with Crippen LogP contribution in [-0.4, -0.2) is 45.4 Å². The van der Waals surface area contributed by atoms with Gasteiger partial charge < -0.3 is 10.2 Å². The quantitative estimate of drug-likeness (QED) is 0.639. The van der Waals surface area contributed by atoms with Crippen molar-refractivity contribution in [1.82, 2.24) is 19.8 Å². The van der Waals surface area contributed by atoms with E-state index in [-0.39, 0.29) is 30.8 Å². The van der Waals surface area contributed by atoms with Gasteiger partial charge in [0.25, 0.3) is 11.5 Å². The van der Waals surface area contributed by atoms with E-state index < -0.39 is 11.2 Å². The van der Waals surface area contributed by atoms with Gasteiger partial charge in [-0.2, -0.15) is 0 Å². The van der Waals surface area contributed by atoms with Crippen LogP contribution in [0.4, 0.5) is 0 Å². The average molecular weight is 434 g/mol. The molecule has 0 saturated carbocycles. The summed E-state index contributed by atoms with van der Waals surface area (Å²) in [4.78, 5) is 53.6. The minimum Gasteiger partial charge on any atom is -0.349 e. The smallest absolute Gasteiger partial charge is 0.328 e. The number of nitrogens with zero attached hydrogens (tertiary/aromatic N) is 2. The van der Waals surface area contributed by atoms with Crippen molar-refractivity contribution in [2.75, 3.05) is 13.1 Å². The first kappa shape index (κ1) is 21.5. The van der Waals surface area contributed by atoms with E-state index in [2.05, 4.69) is 10.3 Å². The molecule has 2 aromatic carbocycles. The zero-order valence-corrected chi connectivity index (χ0v) is 18.0. The maximum Gasteiger partial charge on any atom is 0.328 e. The second-order valence-corrected chi connectivity index (χ2v) is 8.12. The Morgan fingerprint density at radius 1 is 1.03 bits per heavy atom. The van der Waals surface area contributed by atoms with Gasteiger partial charge in [-0.25, -0.2) is 4.79 Å². The topological polar surface area (TPSA) is 104 Å². The molecule has 0 unspecified atom stereocenters. The first-order valence-electron chi connectivity index (χ1n) is 10.8. The predicted molar refractivity (Wildman–Crippen MR) is 122 cm³/mol. The summed E-state index contributed by atoms with van der Waals surface area (Å²) < 4.78 is 1.43. The molecule has 4 rings (SSSR count). The third-order valence-corrected chi connectivity index (χ3v) is 6.03. The number of piperidine rings is 1. The van der Waals surface area contributed by atoms with E-state index in [1.165, 1.54) is 4.57 Å². The highest BCUT2D eigenvalue weighted by atomic mass is 16.2. The van der Waals surface area contributed by atoms with Gasteiger partial charge in [-0.05, 0) is 43.5 Å². The summed E-state index contributed by atoms with van der Waals surface area (Å²) in [5, 5.41) is 3.49. The van der Waals surface area contributed by atoms with E-state index in [0.717, 1.165) is 5.56 Å². The van der Waals surface area contributed by atoms with E-state index >= 15 is 0 Å². The molecule has 1 aliphatic heterocycles. The van der Waals surface area contributed by atoms with Crippen LogP contribution in [0.15, 0.2) is 58.1 Å². The molecule has 1 fully saturated rings. The number of aryl methyl sites for hydroxylation is 2. The SMILES string of the molecule is Cc1ccccc1C(=O)NC1CCN(C(=O)CCn2c(=O)[nH]c(=O)c3ccccc32)CC1. The third kappa shape index (κ3) is 4.49. The van der Waals surface area contributed by atoms with E-state index in [1.54, 1.807) is 29.2 Å². The summed E-state index contributed by atoms with van der Waals surface area (Å²) in [6, 6.07) is 14.4. The predicted octanol–water partition coefficient (Wildman–Crippen LogP) is 1.81. The number of aromatic nitrogens is 2. The Labute approximate surface area is 184 Å².